The normalized spacial score (nSPS) is 19.7. The van der Waals surface area contributed by atoms with E-state index in [1.54, 1.807) is 10.9 Å². The van der Waals surface area contributed by atoms with E-state index in [4.69, 9.17) is 30.5 Å². The summed E-state index contributed by atoms with van der Waals surface area (Å²) in [6.45, 7) is 8.27. The number of halogens is 1. The number of rotatable bonds is 8. The van der Waals surface area contributed by atoms with Crippen LogP contribution in [0.4, 0.5) is 0 Å². The first-order valence-electron chi connectivity index (χ1n) is 12.0. The number of aryl methyl sites for hydroxylation is 2. The van der Waals surface area contributed by atoms with Gasteiger partial charge in [0, 0.05) is 6.42 Å². The third-order valence-corrected chi connectivity index (χ3v) is 6.10. The number of fused-ring (bicyclic) bond motifs is 1. The highest BCUT2D eigenvalue weighted by atomic mass is 35.5. The third-order valence-electron chi connectivity index (χ3n) is 5.94. The molecule has 3 atom stereocenters. The Balaban J connectivity index is 1.41. The van der Waals surface area contributed by atoms with Crippen LogP contribution in [0.15, 0.2) is 54.7 Å². The van der Waals surface area contributed by atoms with Crippen molar-refractivity contribution in [2.75, 3.05) is 6.61 Å². The maximum Gasteiger partial charge on any atom is 0.229 e. The maximum absolute atomic E-state index is 6.43. The molecule has 5 rings (SSSR count). The molecule has 0 bridgehead atoms. The number of aromatic nitrogens is 4. The zero-order valence-corrected chi connectivity index (χ0v) is 21.5. The third kappa shape index (κ3) is 5.39. The molecule has 2 aromatic heterocycles. The van der Waals surface area contributed by atoms with Crippen molar-refractivity contribution in [1.29, 1.82) is 0 Å². The number of hydrogen-bond acceptors (Lipinski definition) is 7. The summed E-state index contributed by atoms with van der Waals surface area (Å²) in [6.07, 6.45) is 1.14. The van der Waals surface area contributed by atoms with Crippen LogP contribution in [0, 0.1) is 13.8 Å². The van der Waals surface area contributed by atoms with Crippen molar-refractivity contribution in [2.45, 2.75) is 58.7 Å². The van der Waals surface area contributed by atoms with Crippen molar-refractivity contribution in [2.24, 2.45) is 0 Å². The topological polar surface area (TPSA) is 80.5 Å². The van der Waals surface area contributed by atoms with Crippen LogP contribution in [-0.2, 0) is 4.74 Å². The molecule has 0 spiro atoms. The number of hydrogen-bond donors (Lipinski definition) is 0. The summed E-state index contributed by atoms with van der Waals surface area (Å²) < 4.78 is 26.4. The molecule has 0 N–H and O–H groups in total. The molecule has 1 aliphatic rings. The van der Waals surface area contributed by atoms with E-state index in [9.17, 15) is 0 Å². The minimum Gasteiger partial charge on any atom is -0.491 e. The Labute approximate surface area is 215 Å². The molecular weight excluding hydrogens is 480 g/mol. The number of nitrogens with zero attached hydrogens (tertiary/aromatic N) is 4. The molecular formula is C27H29ClN4O4. The fourth-order valence-electron chi connectivity index (χ4n) is 4.13. The van der Waals surface area contributed by atoms with Crippen LogP contribution in [0.2, 0.25) is 5.28 Å². The van der Waals surface area contributed by atoms with Gasteiger partial charge in [0.1, 0.15) is 35.7 Å². The van der Waals surface area contributed by atoms with E-state index in [0.717, 1.165) is 11.5 Å². The molecule has 8 nitrogen and oxygen atoms in total. The van der Waals surface area contributed by atoms with Gasteiger partial charge in [0.25, 0.3) is 0 Å². The molecule has 2 aromatic carbocycles. The van der Waals surface area contributed by atoms with E-state index < -0.39 is 6.23 Å². The van der Waals surface area contributed by atoms with Gasteiger partial charge in [-0.05, 0) is 63.6 Å². The van der Waals surface area contributed by atoms with Crippen molar-refractivity contribution in [3.8, 4) is 17.4 Å². The molecule has 0 saturated carbocycles. The summed E-state index contributed by atoms with van der Waals surface area (Å²) in [4.78, 5) is 8.65. The lowest BCUT2D eigenvalue weighted by atomic mass is 10.1. The zero-order chi connectivity index (χ0) is 25.2. The Hall–Kier alpha value is -3.36. The van der Waals surface area contributed by atoms with Crippen molar-refractivity contribution >= 4 is 22.6 Å². The molecule has 1 aliphatic heterocycles. The van der Waals surface area contributed by atoms with E-state index in [0.29, 0.717) is 29.9 Å². The van der Waals surface area contributed by atoms with Gasteiger partial charge in [-0.3, -0.25) is 0 Å². The molecule has 188 valence electrons. The molecule has 0 unspecified atom stereocenters. The second-order valence-electron chi connectivity index (χ2n) is 9.25. The average Bonchev–Trinajstić information content (AvgIpc) is 3.44. The lowest BCUT2D eigenvalue weighted by Crippen LogP contribution is -2.32. The summed E-state index contributed by atoms with van der Waals surface area (Å²) in [5.41, 5.74) is 2.89. The highest BCUT2D eigenvalue weighted by Crippen LogP contribution is 2.35. The lowest BCUT2D eigenvalue weighted by Gasteiger charge is -2.20. The molecule has 1 fully saturated rings. The lowest BCUT2D eigenvalue weighted by molar-refractivity contribution is -0.0384. The molecule has 4 aromatic rings. The molecule has 0 radical (unpaired) electrons. The zero-order valence-electron chi connectivity index (χ0n) is 20.7. The predicted molar refractivity (Wildman–Crippen MR) is 137 cm³/mol. The first-order chi connectivity index (χ1) is 17.4. The van der Waals surface area contributed by atoms with Crippen LogP contribution in [0.3, 0.4) is 0 Å². The van der Waals surface area contributed by atoms with Crippen molar-refractivity contribution in [3.63, 3.8) is 0 Å². The van der Waals surface area contributed by atoms with Crippen molar-refractivity contribution in [3.05, 3.63) is 71.1 Å². The van der Waals surface area contributed by atoms with Gasteiger partial charge in [0.2, 0.25) is 11.2 Å². The smallest absolute Gasteiger partial charge is 0.229 e. The fraction of sp³-hybridized carbons (Fsp3) is 0.370. The van der Waals surface area contributed by atoms with Gasteiger partial charge in [-0.2, -0.15) is 15.1 Å². The summed E-state index contributed by atoms with van der Waals surface area (Å²) in [5.74, 6) is 1.95. The van der Waals surface area contributed by atoms with Crippen LogP contribution in [0.25, 0.3) is 11.0 Å². The van der Waals surface area contributed by atoms with E-state index in [-0.39, 0.29) is 23.6 Å². The molecule has 0 amide bonds. The van der Waals surface area contributed by atoms with E-state index in [2.05, 4.69) is 15.1 Å². The standard InChI is InChI=1S/C27H29ClN4O4/c1-16(2)34-26-21-14-29-32(25(21)30-27(28)31-26)24-13-22(35-20-11-7-18(4)8-12-20)23(36-24)15-33-19-9-5-17(3)6-10-19/h5-12,14,16,22-24H,13,15H2,1-4H3/t22-,23+,24+/m0/s1. The molecule has 9 heteroatoms. The van der Waals surface area contributed by atoms with Gasteiger partial charge in [-0.25, -0.2) is 4.68 Å². The maximum atomic E-state index is 6.43. The molecule has 3 heterocycles. The monoisotopic (exact) mass is 508 g/mol. The Kier molecular flexibility index (Phi) is 6.98. The SMILES string of the molecule is Cc1ccc(OC[C@H]2O[C@@H](n3ncc4c(OC(C)C)nc(Cl)nc43)C[C@@H]2Oc2ccc(C)cc2)cc1. The Morgan fingerprint density at radius 2 is 1.67 bits per heavy atom. The van der Waals surface area contributed by atoms with Crippen LogP contribution in [-0.4, -0.2) is 44.7 Å². The van der Waals surface area contributed by atoms with Gasteiger partial charge in [0.05, 0.1) is 12.3 Å². The van der Waals surface area contributed by atoms with E-state index in [1.807, 2.05) is 76.2 Å². The van der Waals surface area contributed by atoms with Crippen molar-refractivity contribution < 1.29 is 18.9 Å². The molecule has 36 heavy (non-hydrogen) atoms. The number of benzene rings is 2. The van der Waals surface area contributed by atoms with E-state index in [1.165, 1.54) is 11.1 Å². The predicted octanol–water partition coefficient (Wildman–Crippen LogP) is 5.70. The minimum atomic E-state index is -0.428. The van der Waals surface area contributed by atoms with Gasteiger partial charge < -0.3 is 18.9 Å². The van der Waals surface area contributed by atoms with Crippen LogP contribution < -0.4 is 14.2 Å². The van der Waals surface area contributed by atoms with Gasteiger partial charge in [-0.1, -0.05) is 35.4 Å². The average molecular weight is 509 g/mol. The van der Waals surface area contributed by atoms with E-state index >= 15 is 0 Å². The van der Waals surface area contributed by atoms with Gasteiger partial charge in [-0.15, -0.1) is 0 Å². The summed E-state index contributed by atoms with van der Waals surface area (Å²) >= 11 is 6.22. The second kappa shape index (κ2) is 10.3. The van der Waals surface area contributed by atoms with Gasteiger partial charge >= 0.3 is 0 Å². The quantitative estimate of drug-likeness (QED) is 0.282. The van der Waals surface area contributed by atoms with Crippen LogP contribution in [0.1, 0.15) is 37.6 Å². The Morgan fingerprint density at radius 3 is 2.33 bits per heavy atom. The summed E-state index contributed by atoms with van der Waals surface area (Å²) in [7, 11) is 0. The van der Waals surface area contributed by atoms with Crippen molar-refractivity contribution in [1.82, 2.24) is 19.7 Å². The highest BCUT2D eigenvalue weighted by molar-refractivity contribution is 6.28. The largest absolute Gasteiger partial charge is 0.491 e. The van der Waals surface area contributed by atoms with Crippen LogP contribution in [0.5, 0.6) is 17.4 Å². The van der Waals surface area contributed by atoms with Gasteiger partial charge in [0.15, 0.2) is 11.9 Å². The van der Waals surface area contributed by atoms with Crippen LogP contribution >= 0.6 is 11.6 Å². The fourth-order valence-corrected chi connectivity index (χ4v) is 4.28. The number of ether oxygens (including phenoxy) is 4. The highest BCUT2D eigenvalue weighted by Gasteiger charge is 2.40. The Bertz CT molecular complexity index is 1320. The first-order valence-corrected chi connectivity index (χ1v) is 12.4. The second-order valence-corrected chi connectivity index (χ2v) is 9.59. The molecule has 1 saturated heterocycles. The summed E-state index contributed by atoms with van der Waals surface area (Å²) in [5, 5.41) is 5.32. The summed E-state index contributed by atoms with van der Waals surface area (Å²) in [6, 6.07) is 15.9. The molecule has 0 aliphatic carbocycles. The first kappa shape index (κ1) is 24.3. The minimum absolute atomic E-state index is 0.0687. The Morgan fingerprint density at radius 1 is 1.00 bits per heavy atom.